The number of ether oxygens (including phenoxy) is 1. The number of benzene rings is 2. The summed E-state index contributed by atoms with van der Waals surface area (Å²) in [6.45, 7) is 3.81. The zero-order valence-corrected chi connectivity index (χ0v) is 12.1. The van der Waals surface area contributed by atoms with Gasteiger partial charge >= 0.3 is 37.7 Å². The summed E-state index contributed by atoms with van der Waals surface area (Å²) in [5.41, 5.74) is 0.572. The van der Waals surface area contributed by atoms with E-state index in [0.29, 0.717) is 21.9 Å². The molecule has 0 aliphatic heterocycles. The van der Waals surface area contributed by atoms with E-state index in [1.807, 2.05) is 6.07 Å². The second kappa shape index (κ2) is 8.85. The van der Waals surface area contributed by atoms with Gasteiger partial charge in [-0.25, -0.2) is 5.88 Å². The van der Waals surface area contributed by atoms with Gasteiger partial charge in [0.1, 0.15) is 5.75 Å². The molecule has 92 valence electrons. The molecule has 5 heteroatoms. The molecule has 0 radical (unpaired) electrons. The Balaban J connectivity index is 0.00000180. The Morgan fingerprint density at radius 1 is 1.10 bits per heavy atom. The van der Waals surface area contributed by atoms with Crippen molar-refractivity contribution in [3.63, 3.8) is 0 Å². The Kier molecular flexibility index (Phi) is 8.31. The van der Waals surface area contributed by atoms with E-state index >= 15 is 0 Å². The number of hydrogen-bond donors (Lipinski definition) is 0. The minimum atomic E-state index is -0.297. The van der Waals surface area contributed by atoms with Crippen molar-refractivity contribution in [3.8, 4) is 5.75 Å². The first kappa shape index (κ1) is 18.8. The zero-order valence-electron chi connectivity index (χ0n) is 12.1. The van der Waals surface area contributed by atoms with Gasteiger partial charge in [-0.15, -0.1) is 5.69 Å². The third-order valence-electron chi connectivity index (χ3n) is 2.53. The summed E-state index contributed by atoms with van der Waals surface area (Å²) in [6.07, 6.45) is 0. The molecule has 2 aromatic rings. The minimum Gasteiger partial charge on any atom is -0.889 e. The van der Waals surface area contributed by atoms with Gasteiger partial charge in [0.2, 0.25) is 0 Å². The Labute approximate surface area is 142 Å². The van der Waals surface area contributed by atoms with E-state index < -0.39 is 0 Å². The van der Waals surface area contributed by atoms with Crippen molar-refractivity contribution in [2.75, 3.05) is 7.11 Å². The van der Waals surface area contributed by atoms with Crippen LogP contribution in [0.15, 0.2) is 48.5 Å². The standard InChI is InChI=1S/C15H14NO2.2Li/c1-11-6-3-4-9-14(11)15(17)16-12-7-5-8-13(10-12)18-2;;/h3-10,17H,1H2,2H3;;/q-1;2*+1/p-1/b15-14-;;. The smallest absolute Gasteiger partial charge is 0.889 e. The molecule has 0 aromatic heterocycles. The largest absolute Gasteiger partial charge is 1.00 e. The molecule has 0 amide bonds. The molecule has 0 aliphatic carbocycles. The molecule has 0 bridgehead atoms. The van der Waals surface area contributed by atoms with Crippen molar-refractivity contribution in [1.29, 1.82) is 0 Å². The van der Waals surface area contributed by atoms with Crippen molar-refractivity contribution < 1.29 is 47.6 Å². The van der Waals surface area contributed by atoms with E-state index in [1.165, 1.54) is 0 Å². The van der Waals surface area contributed by atoms with E-state index in [4.69, 9.17) is 4.74 Å². The molecule has 0 saturated carbocycles. The van der Waals surface area contributed by atoms with Gasteiger partial charge in [-0.2, -0.15) is 0 Å². The molecule has 0 spiro atoms. The molecule has 20 heavy (non-hydrogen) atoms. The predicted molar refractivity (Wildman–Crippen MR) is 70.6 cm³/mol. The summed E-state index contributed by atoms with van der Waals surface area (Å²) in [7, 11) is 1.58. The third-order valence-corrected chi connectivity index (χ3v) is 2.53. The maximum Gasteiger partial charge on any atom is 1.00 e. The second-order valence-electron chi connectivity index (χ2n) is 3.78. The quantitative estimate of drug-likeness (QED) is 0.516. The first-order chi connectivity index (χ1) is 8.70. The van der Waals surface area contributed by atoms with Crippen LogP contribution < -0.4 is 58.0 Å². The molecular weight excluding hydrogens is 240 g/mol. The molecule has 0 N–H and O–H groups in total. The second-order valence-corrected chi connectivity index (χ2v) is 3.78. The molecule has 0 fully saturated rings. The van der Waals surface area contributed by atoms with Gasteiger partial charge < -0.3 is 15.2 Å². The van der Waals surface area contributed by atoms with E-state index in [0.717, 1.165) is 0 Å². The average Bonchev–Trinajstić information content (AvgIpc) is 2.39. The first-order valence-electron chi connectivity index (χ1n) is 5.52. The number of rotatable bonds is 3. The van der Waals surface area contributed by atoms with Gasteiger partial charge in [0.25, 0.3) is 0 Å². The molecule has 2 rings (SSSR count). The molecule has 0 atom stereocenters. The summed E-state index contributed by atoms with van der Waals surface area (Å²) in [6, 6.07) is 14.2. The summed E-state index contributed by atoms with van der Waals surface area (Å²) >= 11 is 0. The summed E-state index contributed by atoms with van der Waals surface area (Å²) in [5.74, 6) is 0.376. The van der Waals surface area contributed by atoms with Gasteiger partial charge in [-0.05, 0) is 22.6 Å². The van der Waals surface area contributed by atoms with Crippen molar-refractivity contribution >= 4 is 18.1 Å². The van der Waals surface area contributed by atoms with E-state index in [-0.39, 0.29) is 43.6 Å². The number of hydrogen-bond acceptors (Lipinski definition) is 2. The topological polar surface area (TPSA) is 46.4 Å². The maximum atomic E-state index is 12.0. The Bertz CT molecular complexity index is 659. The van der Waals surface area contributed by atoms with Crippen LogP contribution >= 0.6 is 0 Å². The third kappa shape index (κ3) is 4.71. The van der Waals surface area contributed by atoms with Gasteiger partial charge in [-0.3, -0.25) is 0 Å². The predicted octanol–water partition coefficient (Wildman–Crippen LogP) is -4.76. The van der Waals surface area contributed by atoms with Crippen LogP contribution in [-0.4, -0.2) is 7.11 Å². The molecular formula is C15H13Li2NO2. The summed E-state index contributed by atoms with van der Waals surface area (Å²) < 4.78 is 5.08. The van der Waals surface area contributed by atoms with E-state index in [1.54, 1.807) is 49.6 Å². The van der Waals surface area contributed by atoms with Crippen molar-refractivity contribution in [2.45, 2.75) is 0 Å². The van der Waals surface area contributed by atoms with Crippen LogP contribution in [0.4, 0.5) is 5.69 Å². The zero-order chi connectivity index (χ0) is 13.0. The normalized spacial score (nSPS) is 10.7. The fraction of sp³-hybridized carbons (Fsp3) is 0.0667. The van der Waals surface area contributed by atoms with E-state index in [2.05, 4.69) is 11.9 Å². The first-order valence-corrected chi connectivity index (χ1v) is 5.52. The summed E-state index contributed by atoms with van der Waals surface area (Å²) in [5, 5.41) is 17.2. The van der Waals surface area contributed by atoms with Crippen LogP contribution in [0.1, 0.15) is 0 Å². The molecule has 0 unspecified atom stereocenters. The van der Waals surface area contributed by atoms with Crippen molar-refractivity contribution in [2.24, 2.45) is 0 Å². The molecule has 0 heterocycles. The van der Waals surface area contributed by atoms with Gasteiger partial charge in [-0.1, -0.05) is 43.0 Å². The van der Waals surface area contributed by atoms with Gasteiger partial charge in [0.15, 0.2) is 0 Å². The SMILES string of the molecule is C=c1cccc/c1=C(/[O-])[N-]c1cccc(OC)c1.[Li+].[Li+]. The summed E-state index contributed by atoms with van der Waals surface area (Å²) in [4.78, 5) is 0. The Morgan fingerprint density at radius 3 is 2.45 bits per heavy atom. The number of methoxy groups -OCH3 is 1. The van der Waals surface area contributed by atoms with Crippen LogP contribution in [0.3, 0.4) is 0 Å². The number of nitrogens with zero attached hydrogens (tertiary/aromatic N) is 1. The maximum absolute atomic E-state index is 12.0. The van der Waals surface area contributed by atoms with Crippen LogP contribution in [-0.2, 0) is 0 Å². The fourth-order valence-electron chi connectivity index (χ4n) is 1.59. The Morgan fingerprint density at radius 2 is 1.80 bits per heavy atom. The molecule has 0 aliphatic rings. The minimum absolute atomic E-state index is 0. The van der Waals surface area contributed by atoms with E-state index in [9.17, 15) is 5.11 Å². The molecule has 2 aromatic carbocycles. The molecule has 3 nitrogen and oxygen atoms in total. The van der Waals surface area contributed by atoms with Crippen molar-refractivity contribution in [1.82, 2.24) is 0 Å². The molecule has 0 saturated heterocycles. The Hall–Kier alpha value is -1.23. The van der Waals surface area contributed by atoms with Crippen LogP contribution in [0.25, 0.3) is 17.8 Å². The van der Waals surface area contributed by atoms with Crippen LogP contribution in [0.2, 0.25) is 0 Å². The van der Waals surface area contributed by atoms with Gasteiger partial charge in [0.05, 0.1) is 7.11 Å². The van der Waals surface area contributed by atoms with Gasteiger partial charge in [0, 0.05) is 0 Å². The van der Waals surface area contributed by atoms with Crippen LogP contribution in [0.5, 0.6) is 5.75 Å². The van der Waals surface area contributed by atoms with Crippen molar-refractivity contribution in [3.05, 3.63) is 64.3 Å². The fourth-order valence-corrected chi connectivity index (χ4v) is 1.59. The average molecular weight is 253 g/mol. The monoisotopic (exact) mass is 253 g/mol. The van der Waals surface area contributed by atoms with Crippen LogP contribution in [0, 0.1) is 0 Å².